The molecule has 3 aromatic rings. The van der Waals surface area contributed by atoms with Gasteiger partial charge in [-0.3, -0.25) is 4.79 Å². The lowest BCUT2D eigenvalue weighted by Crippen LogP contribution is -2.41. The number of ether oxygens (including phenoxy) is 1. The molecular formula is C19H16N4O2S. The van der Waals surface area contributed by atoms with E-state index in [1.54, 1.807) is 12.1 Å². The molecule has 2 aromatic heterocycles. The molecule has 0 spiro atoms. The van der Waals surface area contributed by atoms with Crippen LogP contribution in [0.25, 0.3) is 10.2 Å². The molecule has 1 aliphatic rings. The second-order valence-electron chi connectivity index (χ2n) is 6.09. The standard InChI is InChI=1S/C19H16N4O2S/c20-11-13-5-6-17(21-12-13)25-14-7-9-23(10-8-14)19(24)18-22-15-3-1-2-4-16(15)26-18/h1-6,12,14H,7-10H2. The second-order valence-corrected chi connectivity index (χ2v) is 7.12. The van der Waals surface area contributed by atoms with Crippen LogP contribution >= 0.6 is 11.3 Å². The number of hydrogen-bond donors (Lipinski definition) is 0. The van der Waals surface area contributed by atoms with Crippen molar-refractivity contribution in [3.05, 3.63) is 53.2 Å². The number of carbonyl (C=O) groups is 1. The number of benzene rings is 1. The Morgan fingerprint density at radius 1 is 1.23 bits per heavy atom. The van der Waals surface area contributed by atoms with E-state index >= 15 is 0 Å². The van der Waals surface area contributed by atoms with Crippen molar-refractivity contribution in [1.29, 1.82) is 5.26 Å². The van der Waals surface area contributed by atoms with Gasteiger partial charge in [-0.1, -0.05) is 12.1 Å². The Kier molecular flexibility index (Phi) is 4.50. The number of nitrogens with zero attached hydrogens (tertiary/aromatic N) is 4. The minimum atomic E-state index is -0.0128. The van der Waals surface area contributed by atoms with Gasteiger partial charge in [0.05, 0.1) is 15.8 Å². The van der Waals surface area contributed by atoms with Crippen LogP contribution in [0, 0.1) is 11.3 Å². The van der Waals surface area contributed by atoms with Gasteiger partial charge in [0.2, 0.25) is 5.88 Å². The molecule has 0 saturated carbocycles. The van der Waals surface area contributed by atoms with Crippen LogP contribution in [0.5, 0.6) is 5.88 Å². The van der Waals surface area contributed by atoms with Gasteiger partial charge >= 0.3 is 0 Å². The third-order valence-electron chi connectivity index (χ3n) is 4.36. The summed E-state index contributed by atoms with van der Waals surface area (Å²) >= 11 is 1.44. The summed E-state index contributed by atoms with van der Waals surface area (Å²) < 4.78 is 6.89. The number of piperidine rings is 1. The number of thiazole rings is 1. The molecule has 0 N–H and O–H groups in total. The Balaban J connectivity index is 1.36. The van der Waals surface area contributed by atoms with Gasteiger partial charge in [-0.15, -0.1) is 11.3 Å². The number of likely N-dealkylation sites (tertiary alicyclic amines) is 1. The van der Waals surface area contributed by atoms with Crippen LogP contribution in [0.4, 0.5) is 0 Å². The molecule has 26 heavy (non-hydrogen) atoms. The second kappa shape index (κ2) is 7.10. The molecule has 4 rings (SSSR count). The number of para-hydroxylation sites is 1. The molecule has 7 heteroatoms. The number of fused-ring (bicyclic) bond motifs is 1. The maximum atomic E-state index is 12.7. The van der Waals surface area contributed by atoms with Gasteiger partial charge in [-0.2, -0.15) is 5.26 Å². The van der Waals surface area contributed by atoms with E-state index < -0.39 is 0 Å². The molecule has 3 heterocycles. The highest BCUT2D eigenvalue weighted by Crippen LogP contribution is 2.24. The number of carbonyl (C=O) groups excluding carboxylic acids is 1. The number of nitriles is 1. The van der Waals surface area contributed by atoms with E-state index in [-0.39, 0.29) is 12.0 Å². The van der Waals surface area contributed by atoms with E-state index in [4.69, 9.17) is 10.00 Å². The van der Waals surface area contributed by atoms with E-state index in [1.165, 1.54) is 17.5 Å². The molecule has 0 atom stereocenters. The maximum absolute atomic E-state index is 12.7. The van der Waals surface area contributed by atoms with E-state index in [0.29, 0.717) is 29.5 Å². The van der Waals surface area contributed by atoms with Crippen molar-refractivity contribution in [2.45, 2.75) is 18.9 Å². The number of hydrogen-bond acceptors (Lipinski definition) is 6. The summed E-state index contributed by atoms with van der Waals surface area (Å²) in [5, 5.41) is 9.34. The topological polar surface area (TPSA) is 79.1 Å². The summed E-state index contributed by atoms with van der Waals surface area (Å²) in [4.78, 5) is 23.1. The zero-order chi connectivity index (χ0) is 17.9. The Hall–Kier alpha value is -2.98. The van der Waals surface area contributed by atoms with Gasteiger partial charge in [0.1, 0.15) is 12.2 Å². The van der Waals surface area contributed by atoms with E-state index in [0.717, 1.165) is 23.1 Å². The molecule has 0 radical (unpaired) electrons. The fourth-order valence-corrected chi connectivity index (χ4v) is 3.90. The number of amides is 1. The van der Waals surface area contributed by atoms with Gasteiger partial charge in [0.15, 0.2) is 5.01 Å². The molecule has 1 fully saturated rings. The smallest absolute Gasteiger partial charge is 0.282 e. The SMILES string of the molecule is N#Cc1ccc(OC2CCN(C(=O)c3nc4ccccc4s3)CC2)nc1. The highest BCUT2D eigenvalue weighted by Gasteiger charge is 2.26. The quantitative estimate of drug-likeness (QED) is 0.713. The first-order valence-corrected chi connectivity index (χ1v) is 9.22. The van der Waals surface area contributed by atoms with Crippen LogP contribution in [0.3, 0.4) is 0 Å². The zero-order valence-corrected chi connectivity index (χ0v) is 14.8. The molecule has 1 amide bonds. The minimum Gasteiger partial charge on any atom is -0.474 e. The van der Waals surface area contributed by atoms with Crippen LogP contribution in [-0.2, 0) is 0 Å². The van der Waals surface area contributed by atoms with E-state index in [9.17, 15) is 4.79 Å². The lowest BCUT2D eigenvalue weighted by atomic mass is 10.1. The number of aromatic nitrogens is 2. The molecule has 6 nitrogen and oxygen atoms in total. The minimum absolute atomic E-state index is 0.0128. The lowest BCUT2D eigenvalue weighted by molar-refractivity contribution is 0.0588. The van der Waals surface area contributed by atoms with E-state index in [1.807, 2.05) is 35.2 Å². The lowest BCUT2D eigenvalue weighted by Gasteiger charge is -2.31. The van der Waals surface area contributed by atoms with Crippen LogP contribution in [0.1, 0.15) is 28.2 Å². The number of pyridine rings is 1. The first-order chi connectivity index (χ1) is 12.7. The Morgan fingerprint density at radius 3 is 2.73 bits per heavy atom. The van der Waals surface area contributed by atoms with Crippen molar-refractivity contribution < 1.29 is 9.53 Å². The van der Waals surface area contributed by atoms with Crippen LogP contribution in [0.15, 0.2) is 42.6 Å². The van der Waals surface area contributed by atoms with Gasteiger partial charge < -0.3 is 9.64 Å². The van der Waals surface area contributed by atoms with Crippen molar-refractivity contribution in [1.82, 2.24) is 14.9 Å². The van der Waals surface area contributed by atoms with Crippen molar-refractivity contribution in [2.75, 3.05) is 13.1 Å². The van der Waals surface area contributed by atoms with Gasteiger partial charge in [0.25, 0.3) is 5.91 Å². The fraction of sp³-hybridized carbons (Fsp3) is 0.263. The molecule has 0 bridgehead atoms. The molecule has 1 saturated heterocycles. The summed E-state index contributed by atoms with van der Waals surface area (Å²) in [6.07, 6.45) is 3.02. The monoisotopic (exact) mass is 364 g/mol. The third-order valence-corrected chi connectivity index (χ3v) is 5.38. The average molecular weight is 364 g/mol. The zero-order valence-electron chi connectivity index (χ0n) is 14.0. The predicted octanol–water partition coefficient (Wildman–Crippen LogP) is 3.25. The molecule has 130 valence electrons. The van der Waals surface area contributed by atoms with E-state index in [2.05, 4.69) is 9.97 Å². The third kappa shape index (κ3) is 3.37. The summed E-state index contributed by atoms with van der Waals surface area (Å²) in [5.41, 5.74) is 1.37. The Bertz CT molecular complexity index is 936. The Labute approximate surface area is 154 Å². The van der Waals surface area contributed by atoms with Gasteiger partial charge in [-0.05, 0) is 18.2 Å². The van der Waals surface area contributed by atoms with Crippen molar-refractivity contribution >= 4 is 27.5 Å². The molecule has 1 aliphatic heterocycles. The first-order valence-electron chi connectivity index (χ1n) is 8.40. The first kappa shape index (κ1) is 16.5. The molecule has 1 aromatic carbocycles. The van der Waals surface area contributed by atoms with Crippen molar-refractivity contribution in [3.8, 4) is 11.9 Å². The summed E-state index contributed by atoms with van der Waals surface area (Å²) in [7, 11) is 0. The maximum Gasteiger partial charge on any atom is 0.282 e. The number of rotatable bonds is 3. The van der Waals surface area contributed by atoms with Crippen molar-refractivity contribution in [3.63, 3.8) is 0 Å². The highest BCUT2D eigenvalue weighted by molar-refractivity contribution is 7.20. The van der Waals surface area contributed by atoms with Crippen LogP contribution in [-0.4, -0.2) is 40.0 Å². The van der Waals surface area contributed by atoms with Gasteiger partial charge in [0, 0.05) is 38.2 Å². The van der Waals surface area contributed by atoms with Gasteiger partial charge in [-0.25, -0.2) is 9.97 Å². The van der Waals surface area contributed by atoms with Crippen molar-refractivity contribution in [2.24, 2.45) is 0 Å². The van der Waals surface area contributed by atoms with Crippen LogP contribution < -0.4 is 4.74 Å². The normalized spacial score (nSPS) is 15.0. The molecular weight excluding hydrogens is 348 g/mol. The van der Waals surface area contributed by atoms with Crippen LogP contribution in [0.2, 0.25) is 0 Å². The Morgan fingerprint density at radius 2 is 2.04 bits per heavy atom. The molecule has 0 aliphatic carbocycles. The summed E-state index contributed by atoms with van der Waals surface area (Å²) in [6.45, 7) is 1.27. The predicted molar refractivity (Wildman–Crippen MR) is 98.1 cm³/mol. The highest BCUT2D eigenvalue weighted by atomic mass is 32.1. The largest absolute Gasteiger partial charge is 0.474 e. The molecule has 0 unspecified atom stereocenters. The summed E-state index contributed by atoms with van der Waals surface area (Å²) in [6, 6.07) is 13.2. The summed E-state index contributed by atoms with van der Waals surface area (Å²) in [5.74, 6) is 0.501. The fourth-order valence-electron chi connectivity index (χ4n) is 2.96. The average Bonchev–Trinajstić information content (AvgIpc) is 3.13.